The number of amides is 5. The van der Waals surface area contributed by atoms with Gasteiger partial charge >= 0.3 is 6.03 Å². The quantitative estimate of drug-likeness (QED) is 0.596. The largest absolute Gasteiger partial charge is 0.469 e. The van der Waals surface area contributed by atoms with E-state index >= 15 is 0 Å². The van der Waals surface area contributed by atoms with Crippen molar-refractivity contribution in [2.75, 3.05) is 17.2 Å². The first kappa shape index (κ1) is 22.5. The second-order valence-corrected chi connectivity index (χ2v) is 8.67. The lowest BCUT2D eigenvalue weighted by Crippen LogP contribution is -2.49. The summed E-state index contributed by atoms with van der Waals surface area (Å²) in [5.41, 5.74) is -0.603. The minimum atomic E-state index is -0.928. The zero-order valence-electron chi connectivity index (χ0n) is 18.4. The molecular weight excluding hydrogens is 431 g/mol. The Morgan fingerprint density at radius 1 is 1.21 bits per heavy atom. The second kappa shape index (κ2) is 8.68. The summed E-state index contributed by atoms with van der Waals surface area (Å²) in [6.07, 6.45) is 4.11. The molecule has 4 rings (SSSR count). The average molecular weight is 456 g/mol. The summed E-state index contributed by atoms with van der Waals surface area (Å²) in [6, 6.07) is 4.55. The molecule has 1 aromatic carbocycles. The second-order valence-electron chi connectivity index (χ2n) is 8.67. The van der Waals surface area contributed by atoms with Crippen molar-refractivity contribution in [1.29, 1.82) is 0 Å². The molecule has 1 aromatic heterocycles. The summed E-state index contributed by atoms with van der Waals surface area (Å²) in [6.45, 7) is 3.25. The lowest BCUT2D eigenvalue weighted by atomic mass is 9.77. The Morgan fingerprint density at radius 2 is 1.94 bits per heavy atom. The molecule has 10 heteroatoms. The van der Waals surface area contributed by atoms with E-state index in [1.807, 2.05) is 0 Å². The maximum absolute atomic E-state index is 14.2. The predicted octanol–water partition coefficient (Wildman–Crippen LogP) is 3.42. The van der Waals surface area contributed by atoms with Crippen molar-refractivity contribution in [2.45, 2.75) is 45.1 Å². The van der Waals surface area contributed by atoms with Crippen LogP contribution in [0.3, 0.4) is 0 Å². The molecule has 33 heavy (non-hydrogen) atoms. The van der Waals surface area contributed by atoms with Gasteiger partial charge in [-0.1, -0.05) is 6.92 Å². The van der Waals surface area contributed by atoms with Gasteiger partial charge in [-0.2, -0.15) is 0 Å². The van der Waals surface area contributed by atoms with E-state index in [1.165, 1.54) is 24.5 Å². The zero-order valence-corrected chi connectivity index (χ0v) is 18.4. The lowest BCUT2D eigenvalue weighted by molar-refractivity contribution is -0.135. The minimum absolute atomic E-state index is 0.135. The Kier molecular flexibility index (Phi) is 5.92. The number of hydrogen-bond donors (Lipinski definition) is 3. The minimum Gasteiger partial charge on any atom is -0.469 e. The van der Waals surface area contributed by atoms with Crippen LogP contribution in [0.2, 0.25) is 0 Å². The molecule has 0 radical (unpaired) electrons. The fraction of sp³-hybridized carbons (Fsp3) is 0.391. The van der Waals surface area contributed by atoms with Crippen LogP contribution in [0.15, 0.2) is 34.9 Å². The normalized spacial score (nSPS) is 22.4. The molecule has 0 bridgehead atoms. The van der Waals surface area contributed by atoms with Gasteiger partial charge in [-0.15, -0.1) is 0 Å². The van der Waals surface area contributed by atoms with Crippen molar-refractivity contribution in [2.24, 2.45) is 5.92 Å². The Balaban J connectivity index is 1.41. The van der Waals surface area contributed by atoms with E-state index in [2.05, 4.69) is 22.9 Å². The number of carbonyl (C=O) groups is 4. The van der Waals surface area contributed by atoms with E-state index in [1.54, 1.807) is 6.92 Å². The summed E-state index contributed by atoms with van der Waals surface area (Å²) in [5.74, 6) is -1.38. The van der Waals surface area contributed by atoms with Crippen LogP contribution in [-0.2, 0) is 9.59 Å². The van der Waals surface area contributed by atoms with Crippen molar-refractivity contribution < 1.29 is 28.0 Å². The summed E-state index contributed by atoms with van der Waals surface area (Å²) in [7, 11) is 0. The van der Waals surface area contributed by atoms with Gasteiger partial charge in [0.05, 0.1) is 17.5 Å². The number of aryl methyl sites for hydroxylation is 1. The molecule has 1 spiro atoms. The first-order valence-corrected chi connectivity index (χ1v) is 10.8. The summed E-state index contributed by atoms with van der Waals surface area (Å²) < 4.78 is 19.3. The molecule has 2 aromatic rings. The maximum Gasteiger partial charge on any atom is 0.325 e. The monoisotopic (exact) mass is 456 g/mol. The number of rotatable bonds is 5. The highest BCUT2D eigenvalue weighted by molar-refractivity contribution is 6.10. The molecule has 3 N–H and O–H groups in total. The van der Waals surface area contributed by atoms with Crippen molar-refractivity contribution >= 4 is 35.1 Å². The SMILES string of the molecule is Cc1occc1C(=O)Nc1cc(NC(=O)CN2C(=O)NC3(CCC(C)CC3)C2=O)ccc1F. The van der Waals surface area contributed by atoms with Crippen LogP contribution in [0.5, 0.6) is 0 Å². The fourth-order valence-electron chi connectivity index (χ4n) is 4.27. The molecule has 1 aliphatic carbocycles. The molecule has 0 atom stereocenters. The molecule has 5 amide bonds. The van der Waals surface area contributed by atoms with Crippen molar-refractivity contribution in [1.82, 2.24) is 10.2 Å². The molecule has 9 nitrogen and oxygen atoms in total. The molecule has 1 saturated heterocycles. The van der Waals surface area contributed by atoms with E-state index in [4.69, 9.17) is 4.42 Å². The average Bonchev–Trinajstić information content (AvgIpc) is 3.29. The number of hydrogen-bond acceptors (Lipinski definition) is 5. The van der Waals surface area contributed by atoms with E-state index in [-0.39, 0.29) is 16.9 Å². The number of furan rings is 1. The smallest absolute Gasteiger partial charge is 0.325 e. The summed E-state index contributed by atoms with van der Waals surface area (Å²) >= 11 is 0. The number of nitrogens with one attached hydrogen (secondary N) is 3. The number of carbonyl (C=O) groups excluding carboxylic acids is 4. The van der Waals surface area contributed by atoms with Crippen LogP contribution in [0.4, 0.5) is 20.6 Å². The Bertz CT molecular complexity index is 1120. The van der Waals surface area contributed by atoms with Gasteiger partial charge < -0.3 is 20.4 Å². The van der Waals surface area contributed by atoms with Gasteiger partial charge in [0, 0.05) is 5.69 Å². The lowest BCUT2D eigenvalue weighted by Gasteiger charge is -2.33. The molecular formula is C23H25FN4O5. The van der Waals surface area contributed by atoms with Crippen LogP contribution in [0, 0.1) is 18.7 Å². The van der Waals surface area contributed by atoms with Crippen LogP contribution in [0.25, 0.3) is 0 Å². The summed E-state index contributed by atoms with van der Waals surface area (Å²) in [5, 5.41) is 7.76. The van der Waals surface area contributed by atoms with E-state index in [9.17, 15) is 23.6 Å². The highest BCUT2D eigenvalue weighted by atomic mass is 19.1. The van der Waals surface area contributed by atoms with Crippen molar-refractivity contribution in [3.63, 3.8) is 0 Å². The Labute approximate surface area is 189 Å². The third kappa shape index (κ3) is 4.46. The van der Waals surface area contributed by atoms with Gasteiger partial charge in [0.1, 0.15) is 23.7 Å². The van der Waals surface area contributed by atoms with Crippen LogP contribution in [-0.4, -0.2) is 40.7 Å². The van der Waals surface area contributed by atoms with Crippen LogP contribution < -0.4 is 16.0 Å². The van der Waals surface area contributed by atoms with E-state index in [0.29, 0.717) is 24.5 Å². The molecule has 1 aliphatic heterocycles. The highest BCUT2D eigenvalue weighted by Gasteiger charge is 2.52. The molecule has 2 fully saturated rings. The predicted molar refractivity (Wildman–Crippen MR) is 117 cm³/mol. The van der Waals surface area contributed by atoms with Crippen molar-refractivity contribution in [3.8, 4) is 0 Å². The first-order valence-electron chi connectivity index (χ1n) is 10.8. The standard InChI is InChI=1S/C23H25FN4O5/c1-13-5-8-23(9-6-13)21(31)28(22(32)27-23)12-19(29)25-15-3-4-17(24)18(11-15)26-20(30)16-7-10-33-14(16)2/h3-4,7,10-11,13H,5-6,8-9,12H2,1-2H3,(H,25,29)(H,26,30)(H,27,32). The zero-order chi connectivity index (χ0) is 23.8. The summed E-state index contributed by atoms with van der Waals surface area (Å²) in [4.78, 5) is 51.1. The maximum atomic E-state index is 14.2. The van der Waals surface area contributed by atoms with Crippen molar-refractivity contribution in [3.05, 3.63) is 47.7 Å². The number of imide groups is 1. The molecule has 1 saturated carbocycles. The Morgan fingerprint density at radius 3 is 2.61 bits per heavy atom. The Hall–Kier alpha value is -3.69. The third-order valence-corrected chi connectivity index (χ3v) is 6.28. The molecule has 2 aliphatic rings. The topological polar surface area (TPSA) is 121 Å². The van der Waals surface area contributed by atoms with Gasteiger partial charge in [0.15, 0.2) is 0 Å². The van der Waals surface area contributed by atoms with Crippen LogP contribution in [0.1, 0.15) is 48.7 Å². The van der Waals surface area contributed by atoms with Gasteiger partial charge in [0.2, 0.25) is 5.91 Å². The first-order chi connectivity index (χ1) is 15.7. The van der Waals surface area contributed by atoms with E-state index in [0.717, 1.165) is 23.8 Å². The molecule has 174 valence electrons. The number of urea groups is 1. The number of anilines is 2. The van der Waals surface area contributed by atoms with Gasteiger partial charge in [-0.25, -0.2) is 9.18 Å². The van der Waals surface area contributed by atoms with E-state index < -0.39 is 41.7 Å². The van der Waals surface area contributed by atoms with Gasteiger partial charge in [-0.3, -0.25) is 19.3 Å². The number of halogens is 1. The van der Waals surface area contributed by atoms with Gasteiger partial charge in [-0.05, 0) is 62.8 Å². The van der Waals surface area contributed by atoms with Crippen LogP contribution >= 0.6 is 0 Å². The number of nitrogens with zero attached hydrogens (tertiary/aromatic N) is 1. The third-order valence-electron chi connectivity index (χ3n) is 6.28. The molecule has 0 unspecified atom stereocenters. The fourth-order valence-corrected chi connectivity index (χ4v) is 4.27. The van der Waals surface area contributed by atoms with Gasteiger partial charge in [0.25, 0.3) is 11.8 Å². The molecule has 2 heterocycles. The number of benzene rings is 1. The highest BCUT2D eigenvalue weighted by Crippen LogP contribution is 2.36.